The first kappa shape index (κ1) is 14.0. The normalized spacial score (nSPS) is 14.9. The van der Waals surface area contributed by atoms with Gasteiger partial charge in [0.25, 0.3) is 5.91 Å². The molecule has 1 aromatic rings. The predicted octanol–water partition coefficient (Wildman–Crippen LogP) is 1.12. The van der Waals surface area contributed by atoms with Gasteiger partial charge in [0.05, 0.1) is 5.69 Å². The van der Waals surface area contributed by atoms with Gasteiger partial charge in [-0.3, -0.25) is 4.79 Å². The molecule has 0 radical (unpaired) electrons. The number of hydrogen-bond acceptors (Lipinski definition) is 4. The summed E-state index contributed by atoms with van der Waals surface area (Å²) in [5.41, 5.74) is -3.34. The Bertz CT molecular complexity index is 482. The molecule has 1 atom stereocenters. The predicted molar refractivity (Wildman–Crippen MR) is 50.8 cm³/mol. The van der Waals surface area contributed by atoms with Crippen LogP contribution in [0, 0.1) is 6.92 Å². The maximum absolute atomic E-state index is 12.6. The molecule has 0 spiro atoms. The minimum atomic E-state index is -5.15. The molecule has 0 aliphatic rings. The van der Waals surface area contributed by atoms with Gasteiger partial charge in [-0.2, -0.15) is 13.2 Å². The minimum Gasteiger partial charge on any atom is -0.479 e. The van der Waals surface area contributed by atoms with Crippen molar-refractivity contribution in [3.8, 4) is 0 Å². The number of nitrogens with zero attached hydrogens (tertiary/aromatic N) is 1. The molecule has 6 nitrogen and oxygen atoms in total. The lowest BCUT2D eigenvalue weighted by atomic mass is 10.0. The molecule has 100 valence electrons. The van der Waals surface area contributed by atoms with Crippen molar-refractivity contribution in [1.82, 2.24) is 10.3 Å². The number of aromatic nitrogens is 1. The lowest BCUT2D eigenvalue weighted by Gasteiger charge is -2.28. The number of carboxylic acids is 1. The number of carbonyl (C=O) groups is 2. The number of alkyl halides is 3. The molecule has 0 aliphatic heterocycles. The summed E-state index contributed by atoms with van der Waals surface area (Å²) in [5, 5.41) is 9.98. The van der Waals surface area contributed by atoms with Crippen molar-refractivity contribution in [2.45, 2.75) is 25.6 Å². The highest BCUT2D eigenvalue weighted by Gasteiger charge is 2.58. The third kappa shape index (κ3) is 2.29. The number of rotatable bonds is 3. The molecule has 0 aliphatic carbocycles. The highest BCUT2D eigenvalue weighted by atomic mass is 19.4. The summed E-state index contributed by atoms with van der Waals surface area (Å²) in [6.45, 7) is 1.68. The van der Waals surface area contributed by atoms with Crippen LogP contribution in [0.5, 0.6) is 0 Å². The summed E-state index contributed by atoms with van der Waals surface area (Å²) in [6.07, 6.45) is -4.28. The molecule has 0 aromatic carbocycles. The summed E-state index contributed by atoms with van der Waals surface area (Å²) < 4.78 is 42.4. The van der Waals surface area contributed by atoms with Crippen LogP contribution < -0.4 is 5.32 Å². The van der Waals surface area contributed by atoms with Gasteiger partial charge in [-0.1, -0.05) is 0 Å². The van der Waals surface area contributed by atoms with Crippen LogP contribution in [0.4, 0.5) is 13.2 Å². The molecule has 1 amide bonds. The number of carbonyl (C=O) groups excluding carboxylic acids is 1. The molecule has 1 unspecified atom stereocenters. The molecule has 1 aromatic heterocycles. The van der Waals surface area contributed by atoms with Crippen LogP contribution in [0.2, 0.25) is 0 Å². The van der Waals surface area contributed by atoms with Crippen molar-refractivity contribution >= 4 is 11.9 Å². The van der Waals surface area contributed by atoms with Crippen molar-refractivity contribution in [1.29, 1.82) is 0 Å². The SMILES string of the molecule is Cc1ncoc1C(=O)NC(C)(C(=O)O)C(F)(F)F. The van der Waals surface area contributed by atoms with Crippen LogP contribution in [0.1, 0.15) is 23.2 Å². The van der Waals surface area contributed by atoms with Crippen LogP contribution in [0.15, 0.2) is 10.8 Å². The third-order valence-corrected chi connectivity index (χ3v) is 2.31. The number of aryl methyl sites for hydroxylation is 1. The lowest BCUT2D eigenvalue weighted by Crippen LogP contribution is -2.61. The second-order valence-electron chi connectivity index (χ2n) is 3.65. The Kier molecular flexibility index (Phi) is 3.36. The number of halogens is 3. The van der Waals surface area contributed by atoms with Gasteiger partial charge in [0.1, 0.15) is 0 Å². The highest BCUT2D eigenvalue weighted by Crippen LogP contribution is 2.30. The van der Waals surface area contributed by atoms with E-state index in [1.165, 1.54) is 12.2 Å². The third-order valence-electron chi connectivity index (χ3n) is 2.31. The van der Waals surface area contributed by atoms with Gasteiger partial charge in [0, 0.05) is 0 Å². The molecule has 1 rings (SSSR count). The number of amides is 1. The largest absolute Gasteiger partial charge is 0.479 e. The van der Waals surface area contributed by atoms with E-state index < -0.39 is 29.4 Å². The van der Waals surface area contributed by atoms with Crippen molar-refractivity contribution in [3.05, 3.63) is 17.8 Å². The zero-order chi connectivity index (χ0) is 14.1. The number of carboxylic acid groups (broad SMARTS) is 1. The fraction of sp³-hybridized carbons (Fsp3) is 0.444. The fourth-order valence-corrected chi connectivity index (χ4v) is 1.05. The molecule has 0 fully saturated rings. The Morgan fingerprint density at radius 3 is 2.33 bits per heavy atom. The molecule has 18 heavy (non-hydrogen) atoms. The maximum Gasteiger partial charge on any atom is 0.422 e. The lowest BCUT2D eigenvalue weighted by molar-refractivity contribution is -0.203. The van der Waals surface area contributed by atoms with Gasteiger partial charge >= 0.3 is 12.1 Å². The van der Waals surface area contributed by atoms with Gasteiger partial charge in [-0.25, -0.2) is 9.78 Å². The number of hydrogen-bond donors (Lipinski definition) is 2. The Labute approximate surface area is 98.8 Å². The minimum absolute atomic E-state index is 0.0578. The van der Waals surface area contributed by atoms with E-state index in [9.17, 15) is 22.8 Å². The molecule has 2 N–H and O–H groups in total. The molecule has 1 heterocycles. The first-order valence-electron chi connectivity index (χ1n) is 4.62. The van der Waals surface area contributed by atoms with E-state index in [-0.39, 0.29) is 5.69 Å². The smallest absolute Gasteiger partial charge is 0.422 e. The van der Waals surface area contributed by atoms with Gasteiger partial charge in [0.15, 0.2) is 6.39 Å². The van der Waals surface area contributed by atoms with Crippen molar-refractivity contribution in [3.63, 3.8) is 0 Å². The zero-order valence-corrected chi connectivity index (χ0v) is 9.33. The molecular weight excluding hydrogens is 257 g/mol. The fourth-order valence-electron chi connectivity index (χ4n) is 1.05. The Balaban J connectivity index is 3.04. The summed E-state index contributed by atoms with van der Waals surface area (Å²) in [7, 11) is 0. The van der Waals surface area contributed by atoms with Crippen molar-refractivity contribution in [2.24, 2.45) is 0 Å². The number of aliphatic carboxylic acids is 1. The highest BCUT2D eigenvalue weighted by molar-refractivity contribution is 5.96. The average Bonchev–Trinajstić information content (AvgIpc) is 2.62. The van der Waals surface area contributed by atoms with Gasteiger partial charge in [0.2, 0.25) is 11.3 Å². The first-order chi connectivity index (χ1) is 8.09. The van der Waals surface area contributed by atoms with Crippen LogP contribution in [-0.4, -0.2) is 33.7 Å². The van der Waals surface area contributed by atoms with E-state index in [1.807, 2.05) is 0 Å². The summed E-state index contributed by atoms with van der Waals surface area (Å²) in [4.78, 5) is 25.7. The summed E-state index contributed by atoms with van der Waals surface area (Å²) >= 11 is 0. The molecule has 0 bridgehead atoms. The van der Waals surface area contributed by atoms with Crippen LogP contribution in [0.3, 0.4) is 0 Å². The molecule has 0 saturated carbocycles. The van der Waals surface area contributed by atoms with E-state index in [0.29, 0.717) is 6.92 Å². The Morgan fingerprint density at radius 2 is 2.00 bits per heavy atom. The first-order valence-corrected chi connectivity index (χ1v) is 4.62. The molecule has 9 heteroatoms. The van der Waals surface area contributed by atoms with E-state index in [4.69, 9.17) is 5.11 Å². The van der Waals surface area contributed by atoms with Gasteiger partial charge in [-0.15, -0.1) is 0 Å². The summed E-state index contributed by atoms with van der Waals surface area (Å²) in [6, 6.07) is 0. The van der Waals surface area contributed by atoms with Crippen LogP contribution >= 0.6 is 0 Å². The monoisotopic (exact) mass is 266 g/mol. The quantitative estimate of drug-likeness (QED) is 0.855. The van der Waals surface area contributed by atoms with E-state index in [1.54, 1.807) is 0 Å². The summed E-state index contributed by atoms with van der Waals surface area (Å²) in [5.74, 6) is -3.99. The Hall–Kier alpha value is -2.06. The maximum atomic E-state index is 12.6. The van der Waals surface area contributed by atoms with Gasteiger partial charge < -0.3 is 14.8 Å². The van der Waals surface area contributed by atoms with Gasteiger partial charge in [-0.05, 0) is 13.8 Å². The van der Waals surface area contributed by atoms with E-state index in [0.717, 1.165) is 6.39 Å². The second-order valence-corrected chi connectivity index (χ2v) is 3.65. The zero-order valence-electron chi connectivity index (χ0n) is 9.33. The molecular formula is C9H9F3N2O4. The van der Waals surface area contributed by atoms with Crippen molar-refractivity contribution in [2.75, 3.05) is 0 Å². The number of nitrogens with one attached hydrogen (secondary N) is 1. The second kappa shape index (κ2) is 4.31. The van der Waals surface area contributed by atoms with Crippen LogP contribution in [-0.2, 0) is 4.79 Å². The topological polar surface area (TPSA) is 92.4 Å². The molecule has 0 saturated heterocycles. The average molecular weight is 266 g/mol. The van der Waals surface area contributed by atoms with E-state index in [2.05, 4.69) is 9.40 Å². The Morgan fingerprint density at radius 1 is 1.44 bits per heavy atom. The number of oxazole rings is 1. The van der Waals surface area contributed by atoms with Crippen molar-refractivity contribution < 1.29 is 32.3 Å². The van der Waals surface area contributed by atoms with E-state index >= 15 is 0 Å². The standard InChI is InChI=1S/C9H9F3N2O4/c1-4-5(18-3-13-4)6(15)14-8(2,7(16)17)9(10,11)12/h3H,1-2H3,(H,14,15)(H,16,17). The van der Waals surface area contributed by atoms with Crippen LogP contribution in [0.25, 0.3) is 0 Å².